The summed E-state index contributed by atoms with van der Waals surface area (Å²) in [4.78, 5) is 16.0. The zero-order chi connectivity index (χ0) is 15.8. The Balaban J connectivity index is 1.66. The fourth-order valence-electron chi connectivity index (χ4n) is 1.85. The first kappa shape index (κ1) is 16.8. The highest BCUT2D eigenvalue weighted by Crippen LogP contribution is 2.17. The van der Waals surface area contributed by atoms with Gasteiger partial charge in [-0.2, -0.15) is 0 Å². The lowest BCUT2D eigenvalue weighted by atomic mass is 10.2. The number of rotatable bonds is 8. The van der Waals surface area contributed by atoms with Crippen LogP contribution in [0.2, 0.25) is 0 Å². The molecule has 1 heterocycles. The van der Waals surface area contributed by atoms with E-state index in [9.17, 15) is 4.79 Å². The Hall–Kier alpha value is -1.59. The minimum atomic E-state index is -0.0552. The summed E-state index contributed by atoms with van der Waals surface area (Å²) in [5.74, 6) is 1.14. The van der Waals surface area contributed by atoms with Crippen LogP contribution in [0.3, 0.4) is 0 Å². The largest absolute Gasteiger partial charge is 0.494 e. The van der Waals surface area contributed by atoms with Crippen LogP contribution >= 0.6 is 22.9 Å². The van der Waals surface area contributed by atoms with Crippen LogP contribution in [0.25, 0.3) is 0 Å². The molecule has 118 valence electrons. The summed E-state index contributed by atoms with van der Waals surface area (Å²) >= 11 is 7.05. The molecule has 1 N–H and O–H groups in total. The molecular weight excluding hydrogens is 320 g/mol. The second-order valence-electron chi connectivity index (χ2n) is 4.78. The third-order valence-corrected chi connectivity index (χ3v) is 4.16. The van der Waals surface area contributed by atoms with Gasteiger partial charge in [0, 0.05) is 11.8 Å². The van der Waals surface area contributed by atoms with Crippen molar-refractivity contribution in [3.05, 3.63) is 40.9 Å². The lowest BCUT2D eigenvalue weighted by Crippen LogP contribution is -2.12. The van der Waals surface area contributed by atoms with Crippen molar-refractivity contribution in [2.45, 2.75) is 32.1 Å². The maximum Gasteiger partial charge on any atom is 0.226 e. The molecule has 0 unspecified atom stereocenters. The number of aromatic nitrogens is 1. The fourth-order valence-corrected chi connectivity index (χ4v) is 2.81. The van der Waals surface area contributed by atoms with E-state index in [2.05, 4.69) is 29.4 Å². The maximum absolute atomic E-state index is 11.8. The van der Waals surface area contributed by atoms with Crippen molar-refractivity contribution in [3.63, 3.8) is 0 Å². The van der Waals surface area contributed by atoms with Gasteiger partial charge in [-0.3, -0.25) is 4.79 Å². The number of halogens is 1. The lowest BCUT2D eigenvalue weighted by molar-refractivity contribution is -0.116. The molecule has 0 spiro atoms. The van der Waals surface area contributed by atoms with Gasteiger partial charge >= 0.3 is 0 Å². The summed E-state index contributed by atoms with van der Waals surface area (Å²) in [6, 6.07) is 8.03. The molecule has 0 fully saturated rings. The number of ether oxygens (including phenoxy) is 1. The Kier molecular flexibility index (Phi) is 6.68. The first-order valence-electron chi connectivity index (χ1n) is 7.23. The highest BCUT2D eigenvalue weighted by Gasteiger charge is 2.06. The zero-order valence-corrected chi connectivity index (χ0v) is 14.0. The number of anilines is 1. The molecule has 1 amide bonds. The van der Waals surface area contributed by atoms with Gasteiger partial charge < -0.3 is 10.1 Å². The monoisotopic (exact) mass is 338 g/mol. The Morgan fingerprint density at radius 3 is 2.77 bits per heavy atom. The van der Waals surface area contributed by atoms with Crippen molar-refractivity contribution in [1.82, 2.24) is 4.98 Å². The Morgan fingerprint density at radius 1 is 1.36 bits per heavy atom. The molecule has 4 nitrogen and oxygen atoms in total. The number of thiazole rings is 1. The van der Waals surface area contributed by atoms with Gasteiger partial charge in [-0.25, -0.2) is 4.98 Å². The first-order chi connectivity index (χ1) is 10.7. The van der Waals surface area contributed by atoms with E-state index in [4.69, 9.17) is 16.3 Å². The number of aryl methyl sites for hydroxylation is 1. The summed E-state index contributed by atoms with van der Waals surface area (Å²) in [6.07, 6.45) is 2.08. The molecule has 0 saturated heterocycles. The molecule has 2 rings (SSSR count). The minimum absolute atomic E-state index is 0.0552. The van der Waals surface area contributed by atoms with Crippen LogP contribution in [0.4, 0.5) is 5.13 Å². The van der Waals surface area contributed by atoms with Gasteiger partial charge in [0.2, 0.25) is 5.91 Å². The Morgan fingerprint density at radius 2 is 2.14 bits per heavy atom. The highest BCUT2D eigenvalue weighted by molar-refractivity contribution is 7.13. The standard InChI is InChI=1S/C16H19ClN2O2S/c1-2-12-5-7-14(8-6-12)21-9-3-4-15(20)19-16-18-13(10-17)11-22-16/h5-8,11H,2-4,9-10H2,1H3,(H,18,19,20). The molecule has 0 radical (unpaired) electrons. The van der Waals surface area contributed by atoms with Gasteiger partial charge in [-0.05, 0) is 30.5 Å². The summed E-state index contributed by atoms with van der Waals surface area (Å²) in [5, 5.41) is 5.20. The molecule has 6 heteroatoms. The lowest BCUT2D eigenvalue weighted by Gasteiger charge is -2.06. The van der Waals surface area contributed by atoms with E-state index in [-0.39, 0.29) is 5.91 Å². The van der Waals surface area contributed by atoms with Crippen molar-refractivity contribution >= 4 is 34.0 Å². The van der Waals surface area contributed by atoms with E-state index < -0.39 is 0 Å². The number of benzene rings is 1. The van der Waals surface area contributed by atoms with E-state index in [0.29, 0.717) is 30.5 Å². The van der Waals surface area contributed by atoms with Gasteiger partial charge in [0.15, 0.2) is 5.13 Å². The van der Waals surface area contributed by atoms with E-state index in [1.807, 2.05) is 17.5 Å². The average molecular weight is 339 g/mol. The summed E-state index contributed by atoms with van der Waals surface area (Å²) in [6.45, 7) is 2.64. The Bertz CT molecular complexity index is 598. The van der Waals surface area contributed by atoms with E-state index in [1.165, 1.54) is 16.9 Å². The topological polar surface area (TPSA) is 51.2 Å². The third kappa shape index (κ3) is 5.31. The molecular formula is C16H19ClN2O2S. The van der Waals surface area contributed by atoms with Crippen LogP contribution in [0.1, 0.15) is 31.0 Å². The van der Waals surface area contributed by atoms with Crippen LogP contribution in [0.5, 0.6) is 5.75 Å². The van der Waals surface area contributed by atoms with Gasteiger partial charge in [-0.15, -0.1) is 22.9 Å². The van der Waals surface area contributed by atoms with Crippen molar-refractivity contribution in [2.24, 2.45) is 0 Å². The van der Waals surface area contributed by atoms with Gasteiger partial charge in [0.1, 0.15) is 5.75 Å². The van der Waals surface area contributed by atoms with Crippen molar-refractivity contribution in [3.8, 4) is 5.75 Å². The van der Waals surface area contributed by atoms with Crippen LogP contribution < -0.4 is 10.1 Å². The number of nitrogens with zero attached hydrogens (tertiary/aromatic N) is 1. The second kappa shape index (κ2) is 8.76. The normalized spacial score (nSPS) is 10.5. The molecule has 1 aromatic heterocycles. The number of amides is 1. The molecule has 0 aliphatic carbocycles. The van der Waals surface area contributed by atoms with E-state index >= 15 is 0 Å². The summed E-state index contributed by atoms with van der Waals surface area (Å²) in [5.41, 5.74) is 2.06. The molecule has 0 aliphatic heterocycles. The van der Waals surface area contributed by atoms with Crippen LogP contribution in [0, 0.1) is 0 Å². The van der Waals surface area contributed by atoms with Gasteiger partial charge in [0.05, 0.1) is 18.2 Å². The first-order valence-corrected chi connectivity index (χ1v) is 8.64. The molecule has 0 aliphatic rings. The number of nitrogens with one attached hydrogen (secondary N) is 1. The average Bonchev–Trinajstić information content (AvgIpc) is 2.99. The van der Waals surface area contributed by atoms with E-state index in [0.717, 1.165) is 17.9 Å². The van der Waals surface area contributed by atoms with Gasteiger partial charge in [0.25, 0.3) is 0 Å². The summed E-state index contributed by atoms with van der Waals surface area (Å²) in [7, 11) is 0. The Labute approximate surface area is 139 Å². The number of carbonyl (C=O) groups is 1. The van der Waals surface area contributed by atoms with Crippen LogP contribution in [-0.4, -0.2) is 17.5 Å². The smallest absolute Gasteiger partial charge is 0.226 e. The molecule has 0 atom stereocenters. The zero-order valence-electron chi connectivity index (χ0n) is 12.5. The maximum atomic E-state index is 11.8. The highest BCUT2D eigenvalue weighted by atomic mass is 35.5. The van der Waals surface area contributed by atoms with E-state index in [1.54, 1.807) is 0 Å². The molecule has 22 heavy (non-hydrogen) atoms. The molecule has 0 saturated carbocycles. The van der Waals surface area contributed by atoms with Crippen molar-refractivity contribution in [1.29, 1.82) is 0 Å². The fraction of sp³-hybridized carbons (Fsp3) is 0.375. The molecule has 2 aromatic rings. The quantitative estimate of drug-likeness (QED) is 0.578. The third-order valence-electron chi connectivity index (χ3n) is 3.08. The number of hydrogen-bond acceptors (Lipinski definition) is 4. The van der Waals surface area contributed by atoms with Crippen molar-refractivity contribution < 1.29 is 9.53 Å². The van der Waals surface area contributed by atoms with Crippen molar-refractivity contribution in [2.75, 3.05) is 11.9 Å². The van der Waals surface area contributed by atoms with Crippen LogP contribution in [0.15, 0.2) is 29.6 Å². The number of carbonyl (C=O) groups excluding carboxylic acids is 1. The number of alkyl halides is 1. The predicted octanol–water partition coefficient (Wildman–Crippen LogP) is 4.24. The molecule has 1 aromatic carbocycles. The SMILES string of the molecule is CCc1ccc(OCCCC(=O)Nc2nc(CCl)cs2)cc1. The molecule has 0 bridgehead atoms. The predicted molar refractivity (Wildman–Crippen MR) is 90.8 cm³/mol. The summed E-state index contributed by atoms with van der Waals surface area (Å²) < 4.78 is 5.62. The second-order valence-corrected chi connectivity index (χ2v) is 5.90. The van der Waals surface area contributed by atoms with Crippen LogP contribution in [-0.2, 0) is 17.1 Å². The number of hydrogen-bond donors (Lipinski definition) is 1. The van der Waals surface area contributed by atoms with Gasteiger partial charge in [-0.1, -0.05) is 19.1 Å². The minimum Gasteiger partial charge on any atom is -0.494 e.